The van der Waals surface area contributed by atoms with Crippen LogP contribution >= 0.6 is 0 Å². The van der Waals surface area contributed by atoms with Gasteiger partial charge < -0.3 is 10.2 Å². The van der Waals surface area contributed by atoms with Gasteiger partial charge in [0.2, 0.25) is 0 Å². The Morgan fingerprint density at radius 3 is 2.50 bits per heavy atom. The van der Waals surface area contributed by atoms with Gasteiger partial charge in [0.15, 0.2) is 0 Å². The van der Waals surface area contributed by atoms with Crippen LogP contribution in [0.2, 0.25) is 0 Å². The van der Waals surface area contributed by atoms with E-state index in [1.54, 1.807) is 12.1 Å². The molecule has 114 valence electrons. The normalized spacial score (nSPS) is 14.5. The largest absolute Gasteiger partial charge is 0.308 e. The maximum absolute atomic E-state index is 13.2. The van der Waals surface area contributed by atoms with Gasteiger partial charge in [-0.3, -0.25) is 0 Å². The summed E-state index contributed by atoms with van der Waals surface area (Å²) in [4.78, 5) is 2.45. The standard InChI is InChI=1S/C17H29FN2/c1-5-20(6-2)12-8-9-14(3)19-15(4)16-10-7-11-17(18)13-16/h7,10-11,13-15,19H,5-6,8-9,12H2,1-4H3. The number of benzene rings is 1. The number of nitrogens with zero attached hydrogens (tertiary/aromatic N) is 1. The summed E-state index contributed by atoms with van der Waals surface area (Å²) in [7, 11) is 0. The molecule has 2 unspecified atom stereocenters. The molecular formula is C17H29FN2. The van der Waals surface area contributed by atoms with Gasteiger partial charge in [0.1, 0.15) is 5.82 Å². The molecular weight excluding hydrogens is 251 g/mol. The van der Waals surface area contributed by atoms with Crippen LogP contribution in [0, 0.1) is 5.82 Å². The van der Waals surface area contributed by atoms with Crippen molar-refractivity contribution >= 4 is 0 Å². The highest BCUT2D eigenvalue weighted by Gasteiger charge is 2.10. The van der Waals surface area contributed by atoms with Crippen molar-refractivity contribution in [3.63, 3.8) is 0 Å². The highest BCUT2D eigenvalue weighted by atomic mass is 19.1. The lowest BCUT2D eigenvalue weighted by molar-refractivity contribution is 0.288. The van der Waals surface area contributed by atoms with E-state index in [1.807, 2.05) is 6.07 Å². The van der Waals surface area contributed by atoms with Gasteiger partial charge in [-0.05, 0) is 64.0 Å². The summed E-state index contributed by atoms with van der Waals surface area (Å²) >= 11 is 0. The summed E-state index contributed by atoms with van der Waals surface area (Å²) in [5.74, 6) is -0.162. The van der Waals surface area contributed by atoms with Gasteiger partial charge in [-0.15, -0.1) is 0 Å². The minimum absolute atomic E-state index is 0.162. The Hall–Kier alpha value is -0.930. The predicted molar refractivity (Wildman–Crippen MR) is 84.4 cm³/mol. The van der Waals surface area contributed by atoms with E-state index in [2.05, 4.69) is 37.9 Å². The lowest BCUT2D eigenvalue weighted by atomic mass is 10.1. The average molecular weight is 280 g/mol. The fraction of sp³-hybridized carbons (Fsp3) is 0.647. The Kier molecular flexibility index (Phi) is 7.78. The number of halogens is 1. The quantitative estimate of drug-likeness (QED) is 0.736. The van der Waals surface area contributed by atoms with Crippen molar-refractivity contribution in [2.24, 2.45) is 0 Å². The molecule has 0 saturated heterocycles. The van der Waals surface area contributed by atoms with Crippen molar-refractivity contribution in [1.82, 2.24) is 10.2 Å². The Balaban J connectivity index is 2.33. The second kappa shape index (κ2) is 9.09. The van der Waals surface area contributed by atoms with Crippen molar-refractivity contribution < 1.29 is 4.39 Å². The topological polar surface area (TPSA) is 15.3 Å². The van der Waals surface area contributed by atoms with Crippen molar-refractivity contribution in [3.8, 4) is 0 Å². The van der Waals surface area contributed by atoms with E-state index in [1.165, 1.54) is 12.5 Å². The first-order valence-electron chi connectivity index (χ1n) is 7.80. The zero-order valence-corrected chi connectivity index (χ0v) is 13.3. The van der Waals surface area contributed by atoms with Crippen LogP contribution in [-0.4, -0.2) is 30.6 Å². The van der Waals surface area contributed by atoms with Crippen LogP contribution in [0.1, 0.15) is 52.1 Å². The maximum Gasteiger partial charge on any atom is 0.123 e. The van der Waals surface area contributed by atoms with Gasteiger partial charge in [-0.25, -0.2) is 4.39 Å². The highest BCUT2D eigenvalue weighted by molar-refractivity contribution is 5.19. The third-order valence-corrected chi connectivity index (χ3v) is 3.89. The molecule has 1 rings (SSSR count). The van der Waals surface area contributed by atoms with Gasteiger partial charge in [-0.2, -0.15) is 0 Å². The minimum atomic E-state index is -0.162. The Labute approximate surface area is 123 Å². The third kappa shape index (κ3) is 6.02. The first-order chi connectivity index (χ1) is 9.56. The zero-order valence-electron chi connectivity index (χ0n) is 13.3. The van der Waals surface area contributed by atoms with E-state index in [9.17, 15) is 4.39 Å². The second-order valence-corrected chi connectivity index (χ2v) is 5.51. The van der Waals surface area contributed by atoms with Crippen LogP contribution in [0.5, 0.6) is 0 Å². The van der Waals surface area contributed by atoms with Crippen LogP contribution < -0.4 is 5.32 Å². The molecule has 0 fully saturated rings. The molecule has 0 amide bonds. The van der Waals surface area contributed by atoms with E-state index in [0.29, 0.717) is 6.04 Å². The van der Waals surface area contributed by atoms with Crippen molar-refractivity contribution in [1.29, 1.82) is 0 Å². The van der Waals surface area contributed by atoms with Crippen molar-refractivity contribution in [2.45, 2.75) is 52.6 Å². The van der Waals surface area contributed by atoms with E-state index >= 15 is 0 Å². The molecule has 0 spiro atoms. The Morgan fingerprint density at radius 1 is 1.20 bits per heavy atom. The van der Waals surface area contributed by atoms with Crippen LogP contribution in [0.15, 0.2) is 24.3 Å². The summed E-state index contributed by atoms with van der Waals surface area (Å²) in [5.41, 5.74) is 1.01. The summed E-state index contributed by atoms with van der Waals surface area (Å²) in [6, 6.07) is 7.49. The van der Waals surface area contributed by atoms with Crippen molar-refractivity contribution in [2.75, 3.05) is 19.6 Å². The van der Waals surface area contributed by atoms with Crippen LogP contribution in [0.3, 0.4) is 0 Å². The average Bonchev–Trinajstić information content (AvgIpc) is 2.43. The van der Waals surface area contributed by atoms with Gasteiger partial charge >= 0.3 is 0 Å². The maximum atomic E-state index is 13.2. The SMILES string of the molecule is CCN(CC)CCCC(C)NC(C)c1cccc(F)c1. The summed E-state index contributed by atoms with van der Waals surface area (Å²) in [6.45, 7) is 12.1. The number of hydrogen-bond donors (Lipinski definition) is 1. The van der Waals surface area contributed by atoms with Gasteiger partial charge in [-0.1, -0.05) is 26.0 Å². The molecule has 1 aromatic rings. The number of nitrogens with one attached hydrogen (secondary N) is 1. The molecule has 0 aliphatic rings. The zero-order chi connectivity index (χ0) is 15.0. The van der Waals surface area contributed by atoms with Crippen molar-refractivity contribution in [3.05, 3.63) is 35.6 Å². The summed E-state index contributed by atoms with van der Waals surface area (Å²) in [5, 5.41) is 3.55. The van der Waals surface area contributed by atoms with Crippen LogP contribution in [-0.2, 0) is 0 Å². The van der Waals surface area contributed by atoms with Gasteiger partial charge in [0.05, 0.1) is 0 Å². The molecule has 1 N–H and O–H groups in total. The first kappa shape index (κ1) is 17.1. The fourth-order valence-electron chi connectivity index (χ4n) is 2.54. The molecule has 2 nitrogen and oxygen atoms in total. The number of rotatable bonds is 9. The molecule has 0 radical (unpaired) electrons. The molecule has 3 heteroatoms. The smallest absolute Gasteiger partial charge is 0.123 e. The highest BCUT2D eigenvalue weighted by Crippen LogP contribution is 2.15. The van der Waals surface area contributed by atoms with E-state index < -0.39 is 0 Å². The molecule has 0 heterocycles. The molecule has 0 aliphatic heterocycles. The Morgan fingerprint density at radius 2 is 1.90 bits per heavy atom. The Bertz CT molecular complexity index is 377. The molecule has 2 atom stereocenters. The molecule has 0 aliphatic carbocycles. The van der Waals surface area contributed by atoms with E-state index in [0.717, 1.165) is 31.6 Å². The van der Waals surface area contributed by atoms with E-state index in [-0.39, 0.29) is 11.9 Å². The second-order valence-electron chi connectivity index (χ2n) is 5.51. The molecule has 20 heavy (non-hydrogen) atoms. The molecule has 1 aromatic carbocycles. The predicted octanol–water partition coefficient (Wildman–Crippen LogP) is 3.99. The van der Waals surface area contributed by atoms with E-state index in [4.69, 9.17) is 0 Å². The van der Waals surface area contributed by atoms with Gasteiger partial charge in [0.25, 0.3) is 0 Å². The summed E-state index contributed by atoms with van der Waals surface area (Å²) < 4.78 is 13.2. The van der Waals surface area contributed by atoms with Crippen LogP contribution in [0.4, 0.5) is 4.39 Å². The number of hydrogen-bond acceptors (Lipinski definition) is 2. The first-order valence-corrected chi connectivity index (χ1v) is 7.80. The monoisotopic (exact) mass is 280 g/mol. The molecule has 0 bridgehead atoms. The van der Waals surface area contributed by atoms with Gasteiger partial charge in [0, 0.05) is 12.1 Å². The third-order valence-electron chi connectivity index (χ3n) is 3.89. The summed E-state index contributed by atoms with van der Waals surface area (Å²) in [6.07, 6.45) is 2.35. The lowest BCUT2D eigenvalue weighted by Crippen LogP contribution is -2.31. The molecule has 0 aromatic heterocycles. The fourth-order valence-corrected chi connectivity index (χ4v) is 2.54. The minimum Gasteiger partial charge on any atom is -0.308 e. The van der Waals surface area contributed by atoms with Crippen LogP contribution in [0.25, 0.3) is 0 Å². The lowest BCUT2D eigenvalue weighted by Gasteiger charge is -2.22. The molecule has 0 saturated carbocycles.